The number of aromatic nitrogens is 2. The van der Waals surface area contributed by atoms with Crippen LogP contribution in [0.1, 0.15) is 11.3 Å². The summed E-state index contributed by atoms with van der Waals surface area (Å²) in [6.07, 6.45) is 1.10. The molecule has 0 radical (unpaired) electrons. The predicted molar refractivity (Wildman–Crippen MR) is 74.4 cm³/mol. The van der Waals surface area contributed by atoms with Crippen LogP contribution in [-0.4, -0.2) is 73.2 Å². The molecule has 1 saturated heterocycles. The average Bonchev–Trinajstić information content (AvgIpc) is 2.79. The Labute approximate surface area is 123 Å². The first-order valence-corrected chi connectivity index (χ1v) is 9.56. The minimum Gasteiger partial charge on any atom is -0.392 e. The summed E-state index contributed by atoms with van der Waals surface area (Å²) in [7, 11) is -7.16. The van der Waals surface area contributed by atoms with Crippen molar-refractivity contribution < 1.29 is 21.9 Å². The summed E-state index contributed by atoms with van der Waals surface area (Å²) in [6, 6.07) is 0. The Balaban J connectivity index is 2.23. The molecule has 0 amide bonds. The van der Waals surface area contributed by atoms with Crippen molar-refractivity contribution in [3.8, 4) is 0 Å². The van der Waals surface area contributed by atoms with E-state index in [-0.39, 0.29) is 36.8 Å². The van der Waals surface area contributed by atoms with E-state index >= 15 is 0 Å². The van der Waals surface area contributed by atoms with Gasteiger partial charge in [-0.05, 0) is 6.92 Å². The third-order valence-corrected chi connectivity index (χ3v) is 6.62. The topological polar surface area (TPSA) is 124 Å². The van der Waals surface area contributed by atoms with Crippen LogP contribution in [0.25, 0.3) is 0 Å². The number of aliphatic hydroxyl groups excluding tert-OH is 1. The molecule has 1 aromatic heterocycles. The number of H-pyrrole nitrogens is 1. The zero-order valence-electron chi connectivity index (χ0n) is 11.8. The van der Waals surface area contributed by atoms with Crippen LogP contribution < -0.4 is 0 Å². The number of sulfonamides is 2. The number of aliphatic hydroxyl groups is 1. The van der Waals surface area contributed by atoms with E-state index in [9.17, 15) is 21.9 Å². The van der Waals surface area contributed by atoms with Crippen molar-refractivity contribution in [3.63, 3.8) is 0 Å². The van der Waals surface area contributed by atoms with Crippen LogP contribution in [0.5, 0.6) is 0 Å². The molecule has 0 aromatic carbocycles. The molecular weight excluding hydrogens is 320 g/mol. The van der Waals surface area contributed by atoms with Crippen molar-refractivity contribution in [2.75, 3.05) is 32.4 Å². The van der Waals surface area contributed by atoms with Gasteiger partial charge in [-0.1, -0.05) is 0 Å². The smallest absolute Gasteiger partial charge is 0.262 e. The number of hydrogen-bond acceptors (Lipinski definition) is 6. The first-order chi connectivity index (χ1) is 9.67. The second-order valence-electron chi connectivity index (χ2n) is 4.86. The largest absolute Gasteiger partial charge is 0.392 e. The number of rotatable bonds is 4. The second kappa shape index (κ2) is 5.65. The number of hydrogen-bond donors (Lipinski definition) is 2. The molecule has 11 heteroatoms. The van der Waals surface area contributed by atoms with Gasteiger partial charge in [-0.3, -0.25) is 5.10 Å². The number of nitrogens with zero attached hydrogens (tertiary/aromatic N) is 3. The Bertz CT molecular complexity index is 717. The molecule has 0 bridgehead atoms. The SMILES string of the molecule is Cc1[nH]nc(S(=O)(=O)N2CCN(S(C)(=O)=O)CC2)c1CO. The Hall–Kier alpha value is -1.01. The molecule has 9 nitrogen and oxygen atoms in total. The summed E-state index contributed by atoms with van der Waals surface area (Å²) >= 11 is 0. The Morgan fingerprint density at radius 3 is 2.14 bits per heavy atom. The fourth-order valence-electron chi connectivity index (χ4n) is 2.19. The van der Waals surface area contributed by atoms with Crippen molar-refractivity contribution in [3.05, 3.63) is 11.3 Å². The van der Waals surface area contributed by atoms with E-state index in [0.29, 0.717) is 5.69 Å². The molecule has 0 spiro atoms. The molecule has 0 aliphatic carbocycles. The van der Waals surface area contributed by atoms with Crippen molar-refractivity contribution in [2.24, 2.45) is 0 Å². The Morgan fingerprint density at radius 1 is 1.14 bits per heavy atom. The van der Waals surface area contributed by atoms with Crippen molar-refractivity contribution >= 4 is 20.0 Å². The van der Waals surface area contributed by atoms with E-state index in [4.69, 9.17) is 0 Å². The summed E-state index contributed by atoms with van der Waals surface area (Å²) in [6.45, 7) is 1.53. The molecule has 0 saturated carbocycles. The molecule has 1 aliphatic rings. The number of aryl methyl sites for hydroxylation is 1. The van der Waals surface area contributed by atoms with Gasteiger partial charge in [0.2, 0.25) is 10.0 Å². The summed E-state index contributed by atoms with van der Waals surface area (Å²) in [5.41, 5.74) is 0.728. The third-order valence-electron chi connectivity index (χ3n) is 3.44. The van der Waals surface area contributed by atoms with Crippen LogP contribution in [0.3, 0.4) is 0 Å². The second-order valence-corrected chi connectivity index (χ2v) is 8.69. The molecular formula is C10H18N4O5S2. The average molecular weight is 338 g/mol. The van der Waals surface area contributed by atoms with Gasteiger partial charge in [-0.2, -0.15) is 13.7 Å². The van der Waals surface area contributed by atoms with E-state index in [1.165, 1.54) is 8.61 Å². The number of piperazine rings is 1. The standard InChI is InChI=1S/C10H18N4O5S2/c1-8-9(7-15)10(12-11-8)21(18,19)14-5-3-13(4-6-14)20(2,16)17/h15H,3-7H2,1-2H3,(H,11,12). The molecule has 1 aromatic rings. The van der Waals surface area contributed by atoms with Gasteiger partial charge in [-0.25, -0.2) is 16.8 Å². The van der Waals surface area contributed by atoms with E-state index in [0.717, 1.165) is 6.26 Å². The van der Waals surface area contributed by atoms with Gasteiger partial charge in [0.1, 0.15) is 0 Å². The summed E-state index contributed by atoms with van der Waals surface area (Å²) in [4.78, 5) is 0. The summed E-state index contributed by atoms with van der Waals surface area (Å²) in [5, 5.41) is 15.4. The van der Waals surface area contributed by atoms with Gasteiger partial charge in [0.25, 0.3) is 10.0 Å². The van der Waals surface area contributed by atoms with Crippen LogP contribution in [0.4, 0.5) is 0 Å². The third kappa shape index (κ3) is 3.11. The highest BCUT2D eigenvalue weighted by Gasteiger charge is 2.34. The quantitative estimate of drug-likeness (QED) is 0.687. The highest BCUT2D eigenvalue weighted by atomic mass is 32.2. The van der Waals surface area contributed by atoms with Gasteiger partial charge in [0.15, 0.2) is 5.03 Å². The predicted octanol–water partition coefficient (Wildman–Crippen LogP) is -1.52. The maximum absolute atomic E-state index is 12.5. The van der Waals surface area contributed by atoms with E-state index < -0.39 is 26.7 Å². The molecule has 1 aliphatic heterocycles. The normalized spacial score (nSPS) is 19.0. The van der Waals surface area contributed by atoms with Gasteiger partial charge >= 0.3 is 0 Å². The maximum Gasteiger partial charge on any atom is 0.262 e. The van der Waals surface area contributed by atoms with Gasteiger partial charge < -0.3 is 5.11 Å². The van der Waals surface area contributed by atoms with Gasteiger partial charge in [0.05, 0.1) is 12.9 Å². The minimum atomic E-state index is -3.84. The van der Waals surface area contributed by atoms with E-state index in [2.05, 4.69) is 10.2 Å². The molecule has 2 N–H and O–H groups in total. The fourth-order valence-corrected chi connectivity index (χ4v) is 4.60. The van der Waals surface area contributed by atoms with Crippen LogP contribution >= 0.6 is 0 Å². The molecule has 2 rings (SSSR count). The summed E-state index contributed by atoms with van der Waals surface area (Å²) in [5.74, 6) is 0. The van der Waals surface area contributed by atoms with Crippen LogP contribution in [-0.2, 0) is 26.7 Å². The fraction of sp³-hybridized carbons (Fsp3) is 0.700. The first kappa shape index (κ1) is 16.4. The Kier molecular flexibility index (Phi) is 4.40. The zero-order chi connectivity index (χ0) is 15.8. The lowest BCUT2D eigenvalue weighted by atomic mass is 10.3. The van der Waals surface area contributed by atoms with Crippen molar-refractivity contribution in [1.29, 1.82) is 0 Å². The molecule has 21 heavy (non-hydrogen) atoms. The highest BCUT2D eigenvalue weighted by Crippen LogP contribution is 2.22. The van der Waals surface area contributed by atoms with Crippen molar-refractivity contribution in [1.82, 2.24) is 18.8 Å². The monoisotopic (exact) mass is 338 g/mol. The molecule has 0 unspecified atom stereocenters. The van der Waals surface area contributed by atoms with Crippen LogP contribution in [0.15, 0.2) is 5.03 Å². The lowest BCUT2D eigenvalue weighted by Crippen LogP contribution is -2.50. The highest BCUT2D eigenvalue weighted by molar-refractivity contribution is 7.89. The molecule has 1 fully saturated rings. The van der Waals surface area contributed by atoms with E-state index in [1.54, 1.807) is 6.92 Å². The maximum atomic E-state index is 12.5. The zero-order valence-corrected chi connectivity index (χ0v) is 13.4. The summed E-state index contributed by atoms with van der Waals surface area (Å²) < 4.78 is 50.3. The number of nitrogens with one attached hydrogen (secondary N) is 1. The Morgan fingerprint density at radius 2 is 1.67 bits per heavy atom. The molecule has 0 atom stereocenters. The first-order valence-electron chi connectivity index (χ1n) is 6.28. The van der Waals surface area contributed by atoms with Crippen LogP contribution in [0, 0.1) is 6.92 Å². The molecule has 2 heterocycles. The number of aromatic amines is 1. The lowest BCUT2D eigenvalue weighted by Gasteiger charge is -2.32. The molecule has 120 valence electrons. The van der Waals surface area contributed by atoms with Gasteiger partial charge in [0, 0.05) is 37.4 Å². The minimum absolute atomic E-state index is 0.0617. The van der Waals surface area contributed by atoms with Crippen molar-refractivity contribution in [2.45, 2.75) is 18.6 Å². The van der Waals surface area contributed by atoms with E-state index in [1.807, 2.05) is 0 Å². The van der Waals surface area contributed by atoms with Gasteiger partial charge in [-0.15, -0.1) is 0 Å². The lowest BCUT2D eigenvalue weighted by molar-refractivity contribution is 0.268. The van der Waals surface area contributed by atoms with Crippen LogP contribution in [0.2, 0.25) is 0 Å².